The lowest BCUT2D eigenvalue weighted by Gasteiger charge is -2.38. The van der Waals surface area contributed by atoms with Gasteiger partial charge in [-0.2, -0.15) is 0 Å². The number of esters is 1. The minimum atomic E-state index is -0.548. The summed E-state index contributed by atoms with van der Waals surface area (Å²) >= 11 is 6.09. The first-order valence-electron chi connectivity index (χ1n) is 14.6. The summed E-state index contributed by atoms with van der Waals surface area (Å²) in [6.45, 7) is 7.73. The molecule has 8 heteroatoms. The van der Waals surface area contributed by atoms with Crippen LogP contribution in [0.15, 0.2) is 72.8 Å². The van der Waals surface area contributed by atoms with E-state index >= 15 is 0 Å². The number of aryl methyl sites for hydroxylation is 1. The summed E-state index contributed by atoms with van der Waals surface area (Å²) in [5.41, 5.74) is 4.84. The lowest BCUT2D eigenvalue weighted by atomic mass is 9.79. The van der Waals surface area contributed by atoms with Crippen LogP contribution in [0.4, 0.5) is 0 Å². The Balaban J connectivity index is 1.52. The molecule has 42 heavy (non-hydrogen) atoms. The van der Waals surface area contributed by atoms with Crippen molar-refractivity contribution in [2.45, 2.75) is 31.8 Å². The Hall–Kier alpha value is -3.36. The lowest BCUT2D eigenvalue weighted by Crippen LogP contribution is -2.48. The molecule has 1 aromatic heterocycles. The van der Waals surface area contributed by atoms with Gasteiger partial charge in [0.25, 0.3) is 0 Å². The Bertz CT molecular complexity index is 1450. The summed E-state index contributed by atoms with van der Waals surface area (Å²) in [5.74, 6) is -0.205. The molecule has 2 N–H and O–H groups in total. The molecule has 3 aromatic carbocycles. The van der Waals surface area contributed by atoms with Crippen molar-refractivity contribution in [1.29, 1.82) is 0 Å². The molecule has 2 unspecified atom stereocenters. The fourth-order valence-electron chi connectivity index (χ4n) is 6.03. The molecule has 1 saturated heterocycles. The third-order valence-electron chi connectivity index (χ3n) is 8.28. The van der Waals surface area contributed by atoms with E-state index < -0.39 is 5.92 Å². The van der Waals surface area contributed by atoms with Crippen LogP contribution in [0, 0.1) is 6.92 Å². The van der Waals surface area contributed by atoms with E-state index in [-0.39, 0.29) is 25.1 Å². The van der Waals surface area contributed by atoms with Crippen LogP contribution < -0.4 is 4.74 Å². The number of piperazine rings is 1. The van der Waals surface area contributed by atoms with Gasteiger partial charge in [-0.05, 0) is 60.4 Å². The second kappa shape index (κ2) is 14.2. The van der Waals surface area contributed by atoms with Gasteiger partial charge < -0.3 is 29.4 Å². The molecule has 7 nitrogen and oxygen atoms in total. The molecule has 0 aliphatic carbocycles. The molecule has 1 aliphatic rings. The monoisotopic (exact) mass is 589 g/mol. The van der Waals surface area contributed by atoms with Gasteiger partial charge in [0.1, 0.15) is 12.4 Å². The zero-order valence-corrected chi connectivity index (χ0v) is 25.1. The number of hydrogen-bond acceptors (Lipinski definition) is 6. The number of carbonyl (C=O) groups excluding carboxylic acids is 1. The first kappa shape index (κ1) is 30.1. The second-order valence-corrected chi connectivity index (χ2v) is 11.5. The second-order valence-electron chi connectivity index (χ2n) is 11.0. The number of nitrogens with one attached hydrogen (secondary N) is 1. The van der Waals surface area contributed by atoms with Crippen LogP contribution in [-0.2, 0) is 16.1 Å². The number of methoxy groups -OCH3 is 1. The van der Waals surface area contributed by atoms with Gasteiger partial charge in [-0.25, -0.2) is 0 Å². The SMILES string of the molecule is COc1ccc2[nH]c(C)c(C(C(=O)OCc3ccc(Cl)cc3)C(CN3CCN(CCCO)CC3)c3ccccc3)c2c1. The van der Waals surface area contributed by atoms with E-state index in [2.05, 4.69) is 26.9 Å². The Labute approximate surface area is 253 Å². The van der Waals surface area contributed by atoms with Crippen LogP contribution in [0.5, 0.6) is 5.75 Å². The molecule has 222 valence electrons. The van der Waals surface area contributed by atoms with E-state index in [0.717, 1.165) is 78.2 Å². The normalized spacial score (nSPS) is 15.9. The molecule has 1 aliphatic heterocycles. The average Bonchev–Trinajstić information content (AvgIpc) is 3.34. The maximum Gasteiger partial charge on any atom is 0.314 e. The maximum absolute atomic E-state index is 14.3. The van der Waals surface area contributed by atoms with Crippen LogP contribution in [0.1, 0.15) is 40.6 Å². The van der Waals surface area contributed by atoms with E-state index in [1.807, 2.05) is 67.6 Å². The van der Waals surface area contributed by atoms with Crippen LogP contribution >= 0.6 is 11.6 Å². The highest BCUT2D eigenvalue weighted by molar-refractivity contribution is 6.30. The highest BCUT2D eigenvalue weighted by atomic mass is 35.5. The summed E-state index contributed by atoms with van der Waals surface area (Å²) in [6, 6.07) is 23.7. The average molecular weight is 590 g/mol. The predicted molar refractivity (Wildman–Crippen MR) is 167 cm³/mol. The topological polar surface area (TPSA) is 78.0 Å². The smallest absolute Gasteiger partial charge is 0.314 e. The summed E-state index contributed by atoms with van der Waals surface area (Å²) in [6.07, 6.45) is 0.789. The number of rotatable bonds is 12. The molecule has 1 fully saturated rings. The molecule has 2 atom stereocenters. The van der Waals surface area contributed by atoms with Gasteiger partial charge in [-0.3, -0.25) is 4.79 Å². The molecule has 0 spiro atoms. The van der Waals surface area contributed by atoms with Crippen molar-refractivity contribution < 1.29 is 19.4 Å². The largest absolute Gasteiger partial charge is 0.497 e. The van der Waals surface area contributed by atoms with Crippen molar-refractivity contribution in [1.82, 2.24) is 14.8 Å². The van der Waals surface area contributed by atoms with Crippen molar-refractivity contribution in [2.75, 3.05) is 53.0 Å². The Kier molecular flexibility index (Phi) is 10.2. The molecular weight excluding hydrogens is 550 g/mol. The molecule has 5 rings (SSSR count). The van der Waals surface area contributed by atoms with Gasteiger partial charge in [-0.1, -0.05) is 54.1 Å². The number of aromatic nitrogens is 1. The third kappa shape index (κ3) is 7.16. The standard InChI is InChI=1S/C34H40ClN3O4/c1-24-32(29-21-28(41-2)13-14-31(29)36-24)33(34(40)42-23-25-9-11-27(35)12-10-25)30(26-7-4-3-5-8-26)22-38-18-16-37(17-19-38)15-6-20-39/h3-5,7-14,21,30,33,36,39H,6,15-20,22-23H2,1-2H3. The fourth-order valence-corrected chi connectivity index (χ4v) is 6.16. The Morgan fingerprint density at radius 3 is 2.40 bits per heavy atom. The van der Waals surface area contributed by atoms with Crippen LogP contribution in [0.3, 0.4) is 0 Å². The van der Waals surface area contributed by atoms with Crippen LogP contribution in [-0.4, -0.2) is 78.8 Å². The molecule has 0 saturated carbocycles. The number of halogens is 1. The minimum absolute atomic E-state index is 0.142. The van der Waals surface area contributed by atoms with Gasteiger partial charge in [0.05, 0.1) is 13.0 Å². The minimum Gasteiger partial charge on any atom is -0.497 e. The number of ether oxygens (including phenoxy) is 2. The zero-order valence-electron chi connectivity index (χ0n) is 24.4. The van der Waals surface area contributed by atoms with Gasteiger partial charge in [0.15, 0.2) is 0 Å². The Morgan fingerprint density at radius 1 is 1.00 bits per heavy atom. The van der Waals surface area contributed by atoms with E-state index in [1.54, 1.807) is 7.11 Å². The highest BCUT2D eigenvalue weighted by Gasteiger charge is 2.37. The number of carbonyl (C=O) groups is 1. The number of H-pyrrole nitrogens is 1. The quantitative estimate of drug-likeness (QED) is 0.205. The van der Waals surface area contributed by atoms with Gasteiger partial charge >= 0.3 is 5.97 Å². The van der Waals surface area contributed by atoms with Crippen molar-refractivity contribution in [3.8, 4) is 5.75 Å². The molecule has 0 amide bonds. The van der Waals surface area contributed by atoms with Crippen LogP contribution in [0.25, 0.3) is 10.9 Å². The fraction of sp³-hybridized carbons (Fsp3) is 0.382. The van der Waals surface area contributed by atoms with Gasteiger partial charge in [0.2, 0.25) is 0 Å². The van der Waals surface area contributed by atoms with Crippen molar-refractivity contribution in [2.24, 2.45) is 0 Å². The number of benzene rings is 3. The van der Waals surface area contributed by atoms with Crippen LogP contribution in [0.2, 0.25) is 5.02 Å². The number of hydrogen-bond donors (Lipinski definition) is 2. The number of aliphatic hydroxyl groups excluding tert-OH is 1. The molecule has 0 bridgehead atoms. The number of aliphatic hydroxyl groups is 1. The first-order chi connectivity index (χ1) is 20.5. The van der Waals surface area contributed by atoms with E-state index in [1.165, 1.54) is 0 Å². The Morgan fingerprint density at radius 2 is 1.71 bits per heavy atom. The summed E-state index contributed by atoms with van der Waals surface area (Å²) in [7, 11) is 1.66. The number of nitrogens with zero attached hydrogens (tertiary/aromatic N) is 2. The molecule has 4 aromatic rings. The number of fused-ring (bicyclic) bond motifs is 1. The number of aromatic amines is 1. The molecular formula is C34H40ClN3O4. The lowest BCUT2D eigenvalue weighted by molar-refractivity contribution is -0.147. The van der Waals surface area contributed by atoms with Crippen molar-refractivity contribution in [3.05, 3.63) is 100 Å². The molecule has 2 heterocycles. The van der Waals surface area contributed by atoms with Gasteiger partial charge in [0, 0.05) is 73.4 Å². The van der Waals surface area contributed by atoms with Crippen molar-refractivity contribution >= 4 is 28.5 Å². The predicted octanol–water partition coefficient (Wildman–Crippen LogP) is 5.75. The van der Waals surface area contributed by atoms with Crippen molar-refractivity contribution in [3.63, 3.8) is 0 Å². The summed E-state index contributed by atoms with van der Waals surface area (Å²) in [5, 5.41) is 10.9. The maximum atomic E-state index is 14.3. The summed E-state index contributed by atoms with van der Waals surface area (Å²) in [4.78, 5) is 22.7. The highest BCUT2D eigenvalue weighted by Crippen LogP contribution is 2.41. The van der Waals surface area contributed by atoms with Gasteiger partial charge in [-0.15, -0.1) is 0 Å². The van der Waals surface area contributed by atoms with E-state index in [9.17, 15) is 9.90 Å². The third-order valence-corrected chi connectivity index (χ3v) is 8.54. The van der Waals surface area contributed by atoms with E-state index in [4.69, 9.17) is 21.1 Å². The summed E-state index contributed by atoms with van der Waals surface area (Å²) < 4.78 is 11.7. The molecule has 0 radical (unpaired) electrons. The zero-order chi connectivity index (χ0) is 29.5. The van der Waals surface area contributed by atoms with E-state index in [0.29, 0.717) is 11.6 Å². The first-order valence-corrected chi connectivity index (χ1v) is 15.0.